The lowest BCUT2D eigenvalue weighted by Crippen LogP contribution is -2.12. The molecule has 0 saturated carbocycles. The summed E-state index contributed by atoms with van der Waals surface area (Å²) in [5, 5.41) is 0.501. The molecule has 0 spiro atoms. The first kappa shape index (κ1) is 21.2. The van der Waals surface area contributed by atoms with Crippen LogP contribution in [-0.4, -0.2) is 18.5 Å². The molecule has 0 saturated heterocycles. The number of benzene rings is 3. The number of carbonyl (C=O) groups is 2. The Balaban J connectivity index is 1.41. The van der Waals surface area contributed by atoms with Crippen molar-refractivity contribution >= 4 is 29.4 Å². The van der Waals surface area contributed by atoms with Crippen molar-refractivity contribution in [3.63, 3.8) is 0 Å². The number of carbonyl (C=O) groups excluding carboxylic acids is 2. The lowest BCUT2D eigenvalue weighted by Gasteiger charge is -2.20. The molecule has 0 aromatic heterocycles. The minimum absolute atomic E-state index is 0.122. The second-order valence-electron chi connectivity index (χ2n) is 7.74. The molecule has 0 N–H and O–H groups in total. The van der Waals surface area contributed by atoms with Gasteiger partial charge in [-0.1, -0.05) is 41.9 Å². The summed E-state index contributed by atoms with van der Waals surface area (Å²) >= 11 is 6.23. The smallest absolute Gasteiger partial charge is 0.315 e. The monoisotopic (exact) mass is 462 g/mol. The maximum absolute atomic E-state index is 13.0. The summed E-state index contributed by atoms with van der Waals surface area (Å²) in [7, 11) is 0. The fourth-order valence-corrected chi connectivity index (χ4v) is 4.11. The van der Waals surface area contributed by atoms with Crippen molar-refractivity contribution in [1.82, 2.24) is 0 Å². The molecule has 5 rings (SSSR count). The number of Topliss-reactive ketones (excluding diaryl/α,β-unsaturated/α-hetero) is 1. The molecule has 0 aliphatic carbocycles. The fraction of sp³-hybridized carbons (Fsp3) is 0.154. The van der Waals surface area contributed by atoms with Crippen LogP contribution in [0.4, 0.5) is 0 Å². The SMILES string of the molecule is Cc1c(OC(=O)Cc2ccccc2)ccc2c1O/C(=C\c1cc(Cl)cc3c1OCOC3)C2=O. The summed E-state index contributed by atoms with van der Waals surface area (Å²) in [6.45, 7) is 2.25. The van der Waals surface area contributed by atoms with Crippen molar-refractivity contribution in [2.24, 2.45) is 0 Å². The van der Waals surface area contributed by atoms with E-state index in [0.717, 1.165) is 11.1 Å². The number of rotatable bonds is 4. The molecular weight excluding hydrogens is 444 g/mol. The van der Waals surface area contributed by atoms with Gasteiger partial charge in [-0.2, -0.15) is 0 Å². The largest absolute Gasteiger partial charge is 0.467 e. The van der Waals surface area contributed by atoms with Gasteiger partial charge in [0.05, 0.1) is 18.6 Å². The van der Waals surface area contributed by atoms with Gasteiger partial charge in [-0.25, -0.2) is 0 Å². The van der Waals surface area contributed by atoms with Crippen molar-refractivity contribution < 1.29 is 28.5 Å². The van der Waals surface area contributed by atoms with E-state index in [1.807, 2.05) is 30.3 Å². The average Bonchev–Trinajstić information content (AvgIpc) is 3.12. The molecular formula is C26H19ClO6. The third-order valence-corrected chi connectivity index (χ3v) is 5.66. The molecule has 0 radical (unpaired) electrons. The van der Waals surface area contributed by atoms with Crippen LogP contribution in [0.2, 0.25) is 5.02 Å². The van der Waals surface area contributed by atoms with Crippen LogP contribution < -0.4 is 14.2 Å². The van der Waals surface area contributed by atoms with E-state index in [2.05, 4.69) is 0 Å². The molecule has 6 nitrogen and oxygen atoms in total. The zero-order chi connectivity index (χ0) is 22.9. The highest BCUT2D eigenvalue weighted by Crippen LogP contribution is 2.41. The Bertz CT molecular complexity index is 1300. The van der Waals surface area contributed by atoms with E-state index in [9.17, 15) is 9.59 Å². The number of halogens is 1. The Morgan fingerprint density at radius 1 is 1.12 bits per heavy atom. The maximum atomic E-state index is 13.0. The Morgan fingerprint density at radius 2 is 1.94 bits per heavy atom. The van der Waals surface area contributed by atoms with Crippen LogP contribution in [0.25, 0.3) is 6.08 Å². The number of ether oxygens (including phenoxy) is 4. The molecule has 3 aromatic rings. The summed E-state index contributed by atoms with van der Waals surface area (Å²) in [6.07, 6.45) is 1.75. The van der Waals surface area contributed by atoms with Crippen molar-refractivity contribution in [3.05, 3.63) is 93.2 Å². The van der Waals surface area contributed by atoms with Gasteiger partial charge in [0.15, 0.2) is 12.6 Å². The van der Waals surface area contributed by atoms with E-state index in [1.54, 1.807) is 37.3 Å². The van der Waals surface area contributed by atoms with E-state index < -0.39 is 5.97 Å². The van der Waals surface area contributed by atoms with Crippen molar-refractivity contribution in [2.75, 3.05) is 6.79 Å². The van der Waals surface area contributed by atoms with Gasteiger partial charge in [0.1, 0.15) is 17.2 Å². The summed E-state index contributed by atoms with van der Waals surface area (Å²) in [6, 6.07) is 16.0. The first-order valence-electron chi connectivity index (χ1n) is 10.3. The van der Waals surface area contributed by atoms with Gasteiger partial charge in [0.2, 0.25) is 5.78 Å². The van der Waals surface area contributed by atoms with Gasteiger partial charge in [0.25, 0.3) is 0 Å². The first-order chi connectivity index (χ1) is 16.0. The zero-order valence-corrected chi connectivity index (χ0v) is 18.5. The minimum Gasteiger partial charge on any atom is -0.467 e. The average molecular weight is 463 g/mol. The zero-order valence-electron chi connectivity index (χ0n) is 17.7. The summed E-state index contributed by atoms with van der Waals surface area (Å²) in [5.41, 5.74) is 3.26. The molecule has 0 amide bonds. The highest BCUT2D eigenvalue weighted by molar-refractivity contribution is 6.31. The van der Waals surface area contributed by atoms with Crippen LogP contribution in [0.5, 0.6) is 17.2 Å². The molecule has 33 heavy (non-hydrogen) atoms. The predicted molar refractivity (Wildman–Crippen MR) is 122 cm³/mol. The Hall–Kier alpha value is -3.61. The minimum atomic E-state index is -0.394. The third-order valence-electron chi connectivity index (χ3n) is 5.44. The van der Waals surface area contributed by atoms with Crippen LogP contribution in [0.3, 0.4) is 0 Å². The molecule has 0 bridgehead atoms. The fourth-order valence-electron chi connectivity index (χ4n) is 3.86. The number of esters is 1. The van der Waals surface area contributed by atoms with E-state index in [1.165, 1.54) is 0 Å². The maximum Gasteiger partial charge on any atom is 0.315 e. The number of hydrogen-bond donors (Lipinski definition) is 0. The molecule has 3 aromatic carbocycles. The Morgan fingerprint density at radius 3 is 2.76 bits per heavy atom. The van der Waals surface area contributed by atoms with Crippen molar-refractivity contribution in [1.29, 1.82) is 0 Å². The van der Waals surface area contributed by atoms with Gasteiger partial charge in [-0.3, -0.25) is 9.59 Å². The van der Waals surface area contributed by atoms with E-state index in [4.69, 9.17) is 30.5 Å². The standard InChI is InChI=1S/C26H19ClO6/c1-15-21(32-23(28)9-16-5-3-2-4-6-16)8-7-20-24(29)22(33-25(15)20)12-17-10-19(27)11-18-13-30-14-31-26(17)18/h2-8,10-12H,9,13-14H2,1H3/b22-12-. The van der Waals surface area contributed by atoms with Gasteiger partial charge >= 0.3 is 5.97 Å². The molecule has 2 heterocycles. The molecule has 0 unspecified atom stereocenters. The molecule has 0 atom stereocenters. The Kier molecular flexibility index (Phi) is 5.62. The molecule has 2 aliphatic heterocycles. The number of allylic oxidation sites excluding steroid dienone is 1. The number of hydrogen-bond acceptors (Lipinski definition) is 6. The normalized spacial score (nSPS) is 15.5. The quantitative estimate of drug-likeness (QED) is 0.298. The van der Waals surface area contributed by atoms with Crippen LogP contribution in [-0.2, 0) is 22.6 Å². The predicted octanol–water partition coefficient (Wildman–Crippen LogP) is 5.28. The van der Waals surface area contributed by atoms with Gasteiger partial charge in [-0.15, -0.1) is 0 Å². The van der Waals surface area contributed by atoms with Crippen LogP contribution in [0, 0.1) is 6.92 Å². The molecule has 2 aliphatic rings. The molecule has 0 fully saturated rings. The van der Waals surface area contributed by atoms with E-state index in [0.29, 0.717) is 45.6 Å². The van der Waals surface area contributed by atoms with Crippen molar-refractivity contribution in [3.8, 4) is 17.2 Å². The topological polar surface area (TPSA) is 71.1 Å². The molecule has 166 valence electrons. The van der Waals surface area contributed by atoms with Crippen LogP contribution in [0.15, 0.2) is 60.4 Å². The summed E-state index contributed by atoms with van der Waals surface area (Å²) in [4.78, 5) is 25.4. The third kappa shape index (κ3) is 4.23. The highest BCUT2D eigenvalue weighted by Gasteiger charge is 2.31. The van der Waals surface area contributed by atoms with Crippen molar-refractivity contribution in [2.45, 2.75) is 20.0 Å². The lowest BCUT2D eigenvalue weighted by atomic mass is 10.0. The Labute approximate surface area is 195 Å². The van der Waals surface area contributed by atoms with Crippen LogP contribution in [0.1, 0.15) is 32.6 Å². The van der Waals surface area contributed by atoms with Gasteiger partial charge in [-0.05, 0) is 42.8 Å². The summed E-state index contributed by atoms with van der Waals surface area (Å²) in [5.74, 6) is 0.809. The lowest BCUT2D eigenvalue weighted by molar-refractivity contribution is -0.133. The first-order valence-corrected chi connectivity index (χ1v) is 10.7. The van der Waals surface area contributed by atoms with E-state index in [-0.39, 0.29) is 24.8 Å². The highest BCUT2D eigenvalue weighted by atomic mass is 35.5. The second-order valence-corrected chi connectivity index (χ2v) is 8.17. The number of ketones is 1. The molecule has 7 heteroatoms. The van der Waals surface area contributed by atoms with Gasteiger partial charge < -0.3 is 18.9 Å². The van der Waals surface area contributed by atoms with E-state index >= 15 is 0 Å². The second kappa shape index (κ2) is 8.73. The van der Waals surface area contributed by atoms with Gasteiger partial charge in [0, 0.05) is 21.7 Å². The summed E-state index contributed by atoms with van der Waals surface area (Å²) < 4.78 is 22.4. The number of fused-ring (bicyclic) bond motifs is 2. The van der Waals surface area contributed by atoms with Crippen LogP contribution >= 0.6 is 11.6 Å².